The minimum Gasteiger partial charge on any atom is -0.487 e. The number of fused-ring (bicyclic) bond motifs is 1. The smallest absolute Gasteiger partial charge is 0.410 e. The van der Waals surface area contributed by atoms with Gasteiger partial charge in [-0.15, -0.1) is 11.3 Å². The van der Waals surface area contributed by atoms with Crippen molar-refractivity contribution < 1.29 is 18.7 Å². The van der Waals surface area contributed by atoms with E-state index in [1.54, 1.807) is 11.0 Å². The molecule has 1 aliphatic heterocycles. The van der Waals surface area contributed by atoms with Crippen LogP contribution in [0.5, 0.6) is 5.75 Å². The molecule has 0 N–H and O–H groups in total. The fraction of sp³-hybridized carbons (Fsp3) is 0.421. The number of nitrogens with zero attached hydrogens (tertiary/aromatic N) is 1. The number of carbonyl (C=O) groups is 1. The van der Waals surface area contributed by atoms with Crippen LogP contribution in [0.4, 0.5) is 9.18 Å². The lowest BCUT2D eigenvalue weighted by atomic mass is 10.1. The molecule has 6 heteroatoms. The first kappa shape index (κ1) is 17.7. The van der Waals surface area contributed by atoms with Crippen LogP contribution >= 0.6 is 11.3 Å². The van der Waals surface area contributed by atoms with Crippen LogP contribution in [-0.2, 0) is 11.3 Å². The predicted octanol–water partition coefficient (Wildman–Crippen LogP) is 5.07. The maximum absolute atomic E-state index is 13.6. The van der Waals surface area contributed by atoms with Crippen molar-refractivity contribution in [3.05, 3.63) is 40.3 Å². The maximum atomic E-state index is 13.6. The van der Waals surface area contributed by atoms with Gasteiger partial charge in [0.2, 0.25) is 0 Å². The third kappa shape index (κ3) is 4.12. The van der Waals surface area contributed by atoms with Crippen molar-refractivity contribution >= 4 is 17.4 Å². The zero-order valence-electron chi connectivity index (χ0n) is 14.8. The summed E-state index contributed by atoms with van der Waals surface area (Å²) in [5.41, 5.74) is 1.09. The van der Waals surface area contributed by atoms with Gasteiger partial charge in [-0.25, -0.2) is 9.18 Å². The van der Waals surface area contributed by atoms with Crippen LogP contribution < -0.4 is 4.74 Å². The number of thiophene rings is 1. The molecule has 1 aromatic heterocycles. The van der Waals surface area contributed by atoms with Crippen molar-refractivity contribution in [2.24, 2.45) is 0 Å². The summed E-state index contributed by atoms with van der Waals surface area (Å²) in [6.45, 7) is 8.33. The van der Waals surface area contributed by atoms with Gasteiger partial charge in [0.15, 0.2) is 0 Å². The average molecular weight is 363 g/mol. The molecule has 0 aliphatic carbocycles. The fourth-order valence-electron chi connectivity index (χ4n) is 2.73. The number of rotatable bonds is 1. The molecule has 1 amide bonds. The number of carbonyl (C=O) groups excluding carboxylic acids is 1. The maximum Gasteiger partial charge on any atom is 0.410 e. The Hall–Kier alpha value is -2.08. The van der Waals surface area contributed by atoms with Crippen LogP contribution in [0.3, 0.4) is 0 Å². The second-order valence-electron chi connectivity index (χ2n) is 7.20. The van der Waals surface area contributed by atoms with Crippen LogP contribution in [0.1, 0.15) is 32.6 Å². The van der Waals surface area contributed by atoms with Crippen molar-refractivity contribution in [2.45, 2.75) is 45.9 Å². The molecule has 0 unspecified atom stereocenters. The third-order valence-corrected chi connectivity index (χ3v) is 4.69. The highest BCUT2D eigenvalue weighted by Gasteiger charge is 2.30. The molecule has 0 spiro atoms. The number of hydrogen-bond acceptors (Lipinski definition) is 4. The molecule has 0 saturated heterocycles. The van der Waals surface area contributed by atoms with Gasteiger partial charge in [0.05, 0.1) is 18.0 Å². The van der Waals surface area contributed by atoms with Gasteiger partial charge in [-0.2, -0.15) is 0 Å². The standard InChI is InChI=1S/C19H22FNO3S/c1-12-9-21(18(22)24-19(2,3)4)10-16-17(23-12)15(11-25-16)13-6-5-7-14(20)8-13/h5-8,11-12H,9-10H2,1-4H3/t12-/m0/s1. The van der Waals surface area contributed by atoms with E-state index in [1.807, 2.05) is 39.1 Å². The first-order chi connectivity index (χ1) is 11.7. The Balaban J connectivity index is 1.90. The van der Waals surface area contributed by atoms with E-state index in [0.717, 1.165) is 21.8 Å². The van der Waals surface area contributed by atoms with Crippen LogP contribution in [-0.4, -0.2) is 29.2 Å². The number of ether oxygens (including phenoxy) is 2. The van der Waals surface area contributed by atoms with Gasteiger partial charge in [-0.3, -0.25) is 4.90 Å². The summed E-state index contributed by atoms with van der Waals surface area (Å²) in [6, 6.07) is 6.45. The number of benzene rings is 1. The van der Waals surface area contributed by atoms with Gasteiger partial charge in [0.1, 0.15) is 23.3 Å². The largest absolute Gasteiger partial charge is 0.487 e. The van der Waals surface area contributed by atoms with Crippen LogP contribution in [0.15, 0.2) is 29.6 Å². The van der Waals surface area contributed by atoms with E-state index in [9.17, 15) is 9.18 Å². The lowest BCUT2D eigenvalue weighted by molar-refractivity contribution is 0.0190. The van der Waals surface area contributed by atoms with E-state index < -0.39 is 5.60 Å². The Kier molecular flexibility index (Phi) is 4.73. The lowest BCUT2D eigenvalue weighted by Crippen LogP contribution is -2.39. The molecule has 25 heavy (non-hydrogen) atoms. The zero-order valence-corrected chi connectivity index (χ0v) is 15.7. The minimum absolute atomic E-state index is 0.185. The van der Waals surface area contributed by atoms with Gasteiger partial charge < -0.3 is 9.47 Å². The van der Waals surface area contributed by atoms with Gasteiger partial charge in [-0.1, -0.05) is 12.1 Å². The highest BCUT2D eigenvalue weighted by Crippen LogP contribution is 2.41. The Morgan fingerprint density at radius 3 is 2.84 bits per heavy atom. The second kappa shape index (κ2) is 6.67. The Morgan fingerprint density at radius 2 is 2.16 bits per heavy atom. The van der Waals surface area contributed by atoms with Crippen LogP contribution in [0.2, 0.25) is 0 Å². The summed E-state index contributed by atoms with van der Waals surface area (Å²) in [6.07, 6.45) is -0.535. The highest BCUT2D eigenvalue weighted by atomic mass is 32.1. The summed E-state index contributed by atoms with van der Waals surface area (Å²) in [4.78, 5) is 15.0. The number of hydrogen-bond donors (Lipinski definition) is 0. The fourth-order valence-corrected chi connectivity index (χ4v) is 3.73. The summed E-state index contributed by atoms with van der Waals surface area (Å²) >= 11 is 1.51. The molecule has 0 fully saturated rings. The Bertz CT molecular complexity index is 781. The van der Waals surface area contributed by atoms with Gasteiger partial charge in [0.25, 0.3) is 0 Å². The normalized spacial score (nSPS) is 17.5. The Morgan fingerprint density at radius 1 is 1.40 bits per heavy atom. The molecule has 0 radical (unpaired) electrons. The van der Waals surface area contributed by atoms with E-state index in [-0.39, 0.29) is 18.0 Å². The van der Waals surface area contributed by atoms with Crippen molar-refractivity contribution in [2.75, 3.05) is 6.54 Å². The summed E-state index contributed by atoms with van der Waals surface area (Å²) in [5, 5.41) is 1.95. The molecule has 3 rings (SSSR count). The first-order valence-electron chi connectivity index (χ1n) is 8.24. The SMILES string of the molecule is C[C@H]1CN(C(=O)OC(C)(C)C)Cc2scc(-c3cccc(F)c3)c2O1. The van der Waals surface area contributed by atoms with Crippen LogP contribution in [0.25, 0.3) is 11.1 Å². The van der Waals surface area contributed by atoms with Crippen molar-refractivity contribution in [3.63, 3.8) is 0 Å². The first-order valence-corrected chi connectivity index (χ1v) is 9.12. The number of amides is 1. The topological polar surface area (TPSA) is 38.8 Å². The van der Waals surface area contributed by atoms with Gasteiger partial charge >= 0.3 is 6.09 Å². The molecule has 2 aromatic rings. The Labute approximate surface area is 151 Å². The molecule has 1 atom stereocenters. The van der Waals surface area contributed by atoms with Crippen LogP contribution in [0, 0.1) is 5.82 Å². The summed E-state index contributed by atoms with van der Waals surface area (Å²) in [5.74, 6) is 0.448. The molecule has 0 saturated carbocycles. The summed E-state index contributed by atoms with van der Waals surface area (Å²) < 4.78 is 25.1. The average Bonchev–Trinajstić information content (AvgIpc) is 2.79. The van der Waals surface area contributed by atoms with E-state index >= 15 is 0 Å². The van der Waals surface area contributed by atoms with Gasteiger partial charge in [-0.05, 0) is 45.4 Å². The monoisotopic (exact) mass is 363 g/mol. The van der Waals surface area contributed by atoms with E-state index in [1.165, 1.54) is 23.5 Å². The van der Waals surface area contributed by atoms with E-state index in [4.69, 9.17) is 9.47 Å². The number of halogens is 1. The minimum atomic E-state index is -0.543. The van der Waals surface area contributed by atoms with Crippen molar-refractivity contribution in [1.29, 1.82) is 0 Å². The lowest BCUT2D eigenvalue weighted by Gasteiger charge is -2.27. The van der Waals surface area contributed by atoms with Gasteiger partial charge in [0, 0.05) is 10.9 Å². The van der Waals surface area contributed by atoms with E-state index in [0.29, 0.717) is 13.1 Å². The molecule has 1 aliphatic rings. The second-order valence-corrected chi connectivity index (χ2v) is 8.17. The molecular formula is C19H22FNO3S. The molecule has 0 bridgehead atoms. The molecule has 1 aromatic carbocycles. The van der Waals surface area contributed by atoms with Crippen molar-refractivity contribution in [1.82, 2.24) is 4.90 Å². The highest BCUT2D eigenvalue weighted by molar-refractivity contribution is 7.10. The third-order valence-electron chi connectivity index (χ3n) is 3.74. The summed E-state index contributed by atoms with van der Waals surface area (Å²) in [7, 11) is 0. The quantitative estimate of drug-likeness (QED) is 0.710. The molecule has 134 valence electrons. The van der Waals surface area contributed by atoms with E-state index in [2.05, 4.69) is 0 Å². The molecule has 4 nitrogen and oxygen atoms in total. The molecule has 2 heterocycles. The predicted molar refractivity (Wildman–Crippen MR) is 96.4 cm³/mol. The van der Waals surface area contributed by atoms with Crippen molar-refractivity contribution in [3.8, 4) is 16.9 Å². The zero-order chi connectivity index (χ0) is 18.2. The molecular weight excluding hydrogens is 341 g/mol.